The van der Waals surface area contributed by atoms with Crippen molar-refractivity contribution in [1.29, 1.82) is 0 Å². The molecule has 2 rings (SSSR count). The summed E-state index contributed by atoms with van der Waals surface area (Å²) in [5.41, 5.74) is -0.205. The summed E-state index contributed by atoms with van der Waals surface area (Å²) < 4.78 is 42.9. The normalized spacial score (nSPS) is 12.1. The molecule has 1 unspecified atom stereocenters. The maximum absolute atomic E-state index is 15.2. The Bertz CT molecular complexity index is 862. The van der Waals surface area contributed by atoms with Crippen molar-refractivity contribution in [1.82, 2.24) is 5.32 Å². The zero-order valence-electron chi connectivity index (χ0n) is 16.5. The summed E-state index contributed by atoms with van der Waals surface area (Å²) in [6.45, 7) is 5.82. The molecule has 0 aliphatic rings. The van der Waals surface area contributed by atoms with Crippen LogP contribution in [0.1, 0.15) is 25.3 Å². The first kappa shape index (κ1) is 22.9. The second-order valence-corrected chi connectivity index (χ2v) is 9.12. The Morgan fingerprint density at radius 3 is 2.38 bits per heavy atom. The van der Waals surface area contributed by atoms with E-state index in [0.29, 0.717) is 24.8 Å². The van der Waals surface area contributed by atoms with E-state index in [-0.39, 0.29) is 23.8 Å². The van der Waals surface area contributed by atoms with Gasteiger partial charge in [-0.1, -0.05) is 38.3 Å². The highest BCUT2D eigenvalue weighted by Crippen LogP contribution is 2.39. The number of anilines is 1. The predicted octanol–water partition coefficient (Wildman–Crippen LogP) is 4.28. The van der Waals surface area contributed by atoms with Crippen molar-refractivity contribution in [3.05, 3.63) is 47.8 Å². The first-order valence-corrected chi connectivity index (χ1v) is 11.3. The van der Waals surface area contributed by atoms with Crippen LogP contribution in [-0.2, 0) is 9.59 Å². The second kappa shape index (κ2) is 10.4. The molecule has 0 spiro atoms. The molecule has 1 N–H and O–H groups in total. The lowest BCUT2D eigenvalue weighted by molar-refractivity contribution is -0.110. The van der Waals surface area contributed by atoms with E-state index in [1.165, 1.54) is 12.1 Å². The number of benzene rings is 2. The van der Waals surface area contributed by atoms with E-state index in [1.807, 2.05) is 25.5 Å². The number of nitrogens with zero attached hydrogens (tertiary/aromatic N) is 1. The third-order valence-corrected chi connectivity index (χ3v) is 6.00. The van der Waals surface area contributed by atoms with E-state index >= 15 is 4.39 Å². The molecule has 0 saturated heterocycles. The van der Waals surface area contributed by atoms with Crippen molar-refractivity contribution < 1.29 is 22.8 Å². The second-order valence-electron chi connectivity index (χ2n) is 6.85. The Morgan fingerprint density at radius 1 is 1.10 bits per heavy atom. The van der Waals surface area contributed by atoms with E-state index in [2.05, 4.69) is 5.32 Å². The standard InChI is InChI=1S/C21H24F3N2O2P/c1-14(25-12-27)10-11-26(13-28)17-9-8-16(19(20(17)22)21(23)24)15-6-4-5-7-18(15)29(2)3/h4-9,12-14,21H,10-11H2,1-3H3,(H,25,27). The molecule has 2 aromatic rings. The highest BCUT2D eigenvalue weighted by molar-refractivity contribution is 7.64. The molecule has 0 saturated carbocycles. The zero-order valence-corrected chi connectivity index (χ0v) is 17.4. The predicted molar refractivity (Wildman–Crippen MR) is 112 cm³/mol. The molecule has 0 aliphatic carbocycles. The summed E-state index contributed by atoms with van der Waals surface area (Å²) in [4.78, 5) is 23.0. The van der Waals surface area contributed by atoms with Crippen LogP contribution in [0.15, 0.2) is 36.4 Å². The lowest BCUT2D eigenvalue weighted by Crippen LogP contribution is -2.31. The zero-order chi connectivity index (χ0) is 21.6. The van der Waals surface area contributed by atoms with Gasteiger partial charge in [-0.3, -0.25) is 9.59 Å². The minimum Gasteiger partial charge on any atom is -0.356 e. The number of rotatable bonds is 10. The van der Waals surface area contributed by atoms with Gasteiger partial charge in [0.15, 0.2) is 5.82 Å². The van der Waals surface area contributed by atoms with Gasteiger partial charge in [0, 0.05) is 12.6 Å². The number of carbonyl (C=O) groups excluding carboxylic acids is 2. The van der Waals surface area contributed by atoms with Crippen LogP contribution in [0.5, 0.6) is 0 Å². The average Bonchev–Trinajstić information content (AvgIpc) is 2.69. The first-order valence-electron chi connectivity index (χ1n) is 9.10. The van der Waals surface area contributed by atoms with Crippen molar-refractivity contribution in [2.24, 2.45) is 0 Å². The Morgan fingerprint density at radius 2 is 1.79 bits per heavy atom. The molecule has 0 aliphatic heterocycles. The smallest absolute Gasteiger partial charge is 0.267 e. The molecule has 2 aromatic carbocycles. The van der Waals surface area contributed by atoms with Crippen LogP contribution in [0.3, 0.4) is 0 Å². The quantitative estimate of drug-likeness (QED) is 0.457. The van der Waals surface area contributed by atoms with Crippen LogP contribution in [0.2, 0.25) is 0 Å². The third-order valence-electron chi connectivity index (χ3n) is 4.65. The molecule has 29 heavy (non-hydrogen) atoms. The Hall–Kier alpha value is -2.40. The van der Waals surface area contributed by atoms with Crippen molar-refractivity contribution >= 4 is 31.7 Å². The summed E-state index contributed by atoms with van der Waals surface area (Å²) in [5, 5.41) is 3.43. The molecular weight excluding hydrogens is 400 g/mol. The van der Waals surface area contributed by atoms with Gasteiger partial charge < -0.3 is 10.2 Å². The van der Waals surface area contributed by atoms with Gasteiger partial charge in [-0.2, -0.15) is 0 Å². The van der Waals surface area contributed by atoms with Gasteiger partial charge in [-0.25, -0.2) is 13.2 Å². The van der Waals surface area contributed by atoms with Gasteiger partial charge in [0.25, 0.3) is 6.43 Å². The van der Waals surface area contributed by atoms with Crippen LogP contribution in [0.4, 0.5) is 18.9 Å². The molecule has 4 nitrogen and oxygen atoms in total. The number of alkyl halides is 2. The summed E-state index contributed by atoms with van der Waals surface area (Å²) >= 11 is 0. The molecular formula is C21H24F3N2O2P. The third kappa shape index (κ3) is 5.36. The number of nitrogens with one attached hydrogen (secondary N) is 1. The largest absolute Gasteiger partial charge is 0.356 e. The fraction of sp³-hybridized carbons (Fsp3) is 0.333. The summed E-state index contributed by atoms with van der Waals surface area (Å²) in [5.74, 6) is -1.10. The molecule has 0 heterocycles. The number of hydrogen-bond donors (Lipinski definition) is 1. The van der Waals surface area contributed by atoms with Gasteiger partial charge in [0.1, 0.15) is 0 Å². The van der Waals surface area contributed by atoms with Crippen LogP contribution < -0.4 is 15.5 Å². The SMILES string of the molecule is CC(CCN(C=O)c1ccc(-c2ccccc2P(C)C)c(C(F)F)c1F)NC=O. The van der Waals surface area contributed by atoms with E-state index in [4.69, 9.17) is 0 Å². The minimum absolute atomic E-state index is 0.0796. The highest BCUT2D eigenvalue weighted by atomic mass is 31.1. The average molecular weight is 424 g/mol. The van der Waals surface area contributed by atoms with Crippen LogP contribution in [0.25, 0.3) is 11.1 Å². The summed E-state index contributed by atoms with van der Waals surface area (Å²) in [7, 11) is -0.591. The minimum atomic E-state index is -3.04. The number of halogens is 3. The van der Waals surface area contributed by atoms with Gasteiger partial charge in [-0.05, 0) is 49.2 Å². The number of hydrogen-bond acceptors (Lipinski definition) is 2. The molecule has 0 aromatic heterocycles. The molecule has 0 radical (unpaired) electrons. The van der Waals surface area contributed by atoms with Crippen molar-refractivity contribution in [3.8, 4) is 11.1 Å². The lowest BCUT2D eigenvalue weighted by Gasteiger charge is -2.23. The van der Waals surface area contributed by atoms with Crippen LogP contribution in [0, 0.1) is 5.82 Å². The molecule has 2 amide bonds. The molecule has 0 bridgehead atoms. The molecule has 0 fully saturated rings. The Balaban J connectivity index is 2.51. The topological polar surface area (TPSA) is 49.4 Å². The molecule has 8 heteroatoms. The monoisotopic (exact) mass is 424 g/mol. The van der Waals surface area contributed by atoms with Gasteiger partial charge >= 0.3 is 0 Å². The van der Waals surface area contributed by atoms with Gasteiger partial charge in [0.2, 0.25) is 12.8 Å². The van der Waals surface area contributed by atoms with E-state index in [9.17, 15) is 18.4 Å². The molecule has 156 valence electrons. The fourth-order valence-corrected chi connectivity index (χ4v) is 4.17. The summed E-state index contributed by atoms with van der Waals surface area (Å²) in [6, 6.07) is 9.69. The van der Waals surface area contributed by atoms with Gasteiger partial charge in [-0.15, -0.1) is 0 Å². The van der Waals surface area contributed by atoms with Crippen molar-refractivity contribution in [2.75, 3.05) is 24.8 Å². The maximum Gasteiger partial charge on any atom is 0.267 e. The highest BCUT2D eigenvalue weighted by Gasteiger charge is 2.26. The van der Waals surface area contributed by atoms with Crippen molar-refractivity contribution in [3.63, 3.8) is 0 Å². The Labute approximate surface area is 169 Å². The number of carbonyl (C=O) groups is 2. The maximum atomic E-state index is 15.2. The number of amides is 2. The lowest BCUT2D eigenvalue weighted by atomic mass is 9.98. The van der Waals surface area contributed by atoms with E-state index in [0.717, 1.165) is 10.2 Å². The van der Waals surface area contributed by atoms with Gasteiger partial charge in [0.05, 0.1) is 11.3 Å². The van der Waals surface area contributed by atoms with E-state index in [1.54, 1.807) is 19.1 Å². The fourth-order valence-electron chi connectivity index (χ4n) is 3.10. The van der Waals surface area contributed by atoms with Crippen LogP contribution >= 0.6 is 7.92 Å². The Kier molecular flexibility index (Phi) is 8.21. The summed E-state index contributed by atoms with van der Waals surface area (Å²) in [6.07, 6.45) is -1.75. The first-order chi connectivity index (χ1) is 13.8. The molecule has 1 atom stereocenters. The van der Waals surface area contributed by atoms with Crippen molar-refractivity contribution in [2.45, 2.75) is 25.8 Å². The van der Waals surface area contributed by atoms with Crippen LogP contribution in [-0.4, -0.2) is 38.7 Å². The van der Waals surface area contributed by atoms with E-state index < -0.39 is 25.7 Å².